The summed E-state index contributed by atoms with van der Waals surface area (Å²) in [6.07, 6.45) is 2.82. The van der Waals surface area contributed by atoms with Crippen LogP contribution in [-0.4, -0.2) is 47.6 Å². The van der Waals surface area contributed by atoms with Gasteiger partial charge in [0, 0.05) is 31.0 Å². The molecule has 0 radical (unpaired) electrons. The average Bonchev–Trinajstić information content (AvgIpc) is 2.42. The van der Waals surface area contributed by atoms with E-state index < -0.39 is 5.41 Å². The molecule has 0 rings (SSSR count). The molecular formula is C16H32N2O3. The van der Waals surface area contributed by atoms with Crippen LogP contribution in [0.2, 0.25) is 0 Å². The molecule has 0 heterocycles. The minimum Gasteiger partial charge on any atom is -0.395 e. The number of nitrogens with zero attached hydrogens (tertiary/aromatic N) is 1. The van der Waals surface area contributed by atoms with E-state index in [1.54, 1.807) is 4.90 Å². The highest BCUT2D eigenvalue weighted by atomic mass is 16.3. The van der Waals surface area contributed by atoms with Gasteiger partial charge >= 0.3 is 0 Å². The highest BCUT2D eigenvalue weighted by Crippen LogP contribution is 2.13. The maximum Gasteiger partial charge on any atom is 0.225 e. The molecule has 2 N–H and O–H groups in total. The molecule has 2 amide bonds. The number of carbonyl (C=O) groups is 2. The Hall–Kier alpha value is -1.10. The number of rotatable bonds is 9. The van der Waals surface area contributed by atoms with Crippen molar-refractivity contribution in [2.24, 2.45) is 5.41 Å². The van der Waals surface area contributed by atoms with E-state index in [-0.39, 0.29) is 24.5 Å². The zero-order chi connectivity index (χ0) is 16.5. The van der Waals surface area contributed by atoms with Crippen molar-refractivity contribution >= 4 is 11.8 Å². The summed E-state index contributed by atoms with van der Waals surface area (Å²) in [6.45, 7) is 10.6. The van der Waals surface area contributed by atoms with Gasteiger partial charge in [-0.05, 0) is 19.3 Å². The molecule has 21 heavy (non-hydrogen) atoms. The minimum atomic E-state index is -0.400. The van der Waals surface area contributed by atoms with E-state index in [2.05, 4.69) is 19.2 Å². The van der Waals surface area contributed by atoms with Gasteiger partial charge in [-0.2, -0.15) is 0 Å². The summed E-state index contributed by atoms with van der Waals surface area (Å²) in [5, 5.41) is 12.0. The summed E-state index contributed by atoms with van der Waals surface area (Å²) in [5.74, 6) is 0.0601. The zero-order valence-corrected chi connectivity index (χ0v) is 14.2. The van der Waals surface area contributed by atoms with Gasteiger partial charge < -0.3 is 15.3 Å². The van der Waals surface area contributed by atoms with E-state index in [0.29, 0.717) is 25.9 Å². The van der Waals surface area contributed by atoms with Crippen molar-refractivity contribution in [2.45, 2.75) is 66.3 Å². The molecule has 0 saturated carbocycles. The smallest absolute Gasteiger partial charge is 0.225 e. The molecule has 0 aliphatic carbocycles. The maximum absolute atomic E-state index is 12.2. The van der Waals surface area contributed by atoms with E-state index >= 15 is 0 Å². The Labute approximate surface area is 129 Å². The predicted molar refractivity (Wildman–Crippen MR) is 84.9 cm³/mol. The summed E-state index contributed by atoms with van der Waals surface area (Å²) in [5.41, 5.74) is -0.400. The van der Waals surface area contributed by atoms with Crippen LogP contribution in [0.4, 0.5) is 0 Å². The van der Waals surface area contributed by atoms with E-state index in [4.69, 9.17) is 5.11 Å². The van der Waals surface area contributed by atoms with Crippen molar-refractivity contribution < 1.29 is 14.7 Å². The molecule has 0 fully saturated rings. The topological polar surface area (TPSA) is 69.6 Å². The molecule has 0 aromatic rings. The molecule has 0 bridgehead atoms. The van der Waals surface area contributed by atoms with Crippen LogP contribution < -0.4 is 5.32 Å². The second-order valence-electron chi connectivity index (χ2n) is 6.39. The molecule has 0 aromatic carbocycles. The Morgan fingerprint density at radius 2 is 1.76 bits per heavy atom. The fraction of sp³-hybridized carbons (Fsp3) is 0.875. The Morgan fingerprint density at radius 1 is 1.19 bits per heavy atom. The van der Waals surface area contributed by atoms with Gasteiger partial charge in [0.05, 0.1) is 6.61 Å². The third kappa shape index (κ3) is 7.46. The molecule has 124 valence electrons. The SMILES string of the molecule is CCC(CC)N(CCO)C(=O)CCCNC(=O)C(C)(C)C. The molecule has 0 unspecified atom stereocenters. The predicted octanol–water partition coefficient (Wildman–Crippen LogP) is 1.94. The second kappa shape index (κ2) is 9.77. The lowest BCUT2D eigenvalue weighted by atomic mass is 9.96. The number of aliphatic hydroxyl groups is 1. The number of aliphatic hydroxyl groups excluding tert-OH is 1. The summed E-state index contributed by atoms with van der Waals surface area (Å²) in [7, 11) is 0. The number of hydrogen-bond acceptors (Lipinski definition) is 3. The van der Waals surface area contributed by atoms with Crippen molar-refractivity contribution in [3.05, 3.63) is 0 Å². The minimum absolute atomic E-state index is 0.00200. The molecular weight excluding hydrogens is 268 g/mol. The van der Waals surface area contributed by atoms with Gasteiger partial charge in [0.1, 0.15) is 0 Å². The molecule has 0 spiro atoms. The van der Waals surface area contributed by atoms with Crippen molar-refractivity contribution in [3.8, 4) is 0 Å². The Balaban J connectivity index is 4.24. The third-order valence-corrected chi connectivity index (χ3v) is 3.58. The molecule has 5 heteroatoms. The summed E-state index contributed by atoms with van der Waals surface area (Å²) in [6, 6.07) is 0.189. The van der Waals surface area contributed by atoms with Crippen LogP contribution in [-0.2, 0) is 9.59 Å². The number of nitrogens with one attached hydrogen (secondary N) is 1. The van der Waals surface area contributed by atoms with Crippen LogP contribution in [0.1, 0.15) is 60.3 Å². The quantitative estimate of drug-likeness (QED) is 0.639. The Morgan fingerprint density at radius 3 is 2.19 bits per heavy atom. The first-order valence-electron chi connectivity index (χ1n) is 7.96. The first-order valence-corrected chi connectivity index (χ1v) is 7.96. The molecule has 0 aliphatic rings. The lowest BCUT2D eigenvalue weighted by Gasteiger charge is -2.30. The van der Waals surface area contributed by atoms with Gasteiger partial charge in [-0.25, -0.2) is 0 Å². The van der Waals surface area contributed by atoms with Crippen LogP contribution >= 0.6 is 0 Å². The first kappa shape index (κ1) is 19.9. The normalized spacial score (nSPS) is 11.6. The number of amides is 2. The van der Waals surface area contributed by atoms with Crippen LogP contribution in [0.25, 0.3) is 0 Å². The zero-order valence-electron chi connectivity index (χ0n) is 14.2. The summed E-state index contributed by atoms with van der Waals surface area (Å²) < 4.78 is 0. The maximum atomic E-state index is 12.2. The molecule has 0 atom stereocenters. The van der Waals surface area contributed by atoms with Gasteiger partial charge in [-0.15, -0.1) is 0 Å². The lowest BCUT2D eigenvalue weighted by molar-refractivity contribution is -0.134. The molecule has 0 aromatic heterocycles. The van der Waals surface area contributed by atoms with Crippen molar-refractivity contribution in [2.75, 3.05) is 19.7 Å². The highest BCUT2D eigenvalue weighted by Gasteiger charge is 2.22. The molecule has 5 nitrogen and oxygen atoms in total. The third-order valence-electron chi connectivity index (χ3n) is 3.58. The van der Waals surface area contributed by atoms with Crippen molar-refractivity contribution in [1.82, 2.24) is 10.2 Å². The van der Waals surface area contributed by atoms with Crippen molar-refractivity contribution in [3.63, 3.8) is 0 Å². The van der Waals surface area contributed by atoms with E-state index in [1.165, 1.54) is 0 Å². The van der Waals surface area contributed by atoms with Gasteiger partial charge in [0.15, 0.2) is 0 Å². The largest absolute Gasteiger partial charge is 0.395 e. The average molecular weight is 300 g/mol. The molecule has 0 saturated heterocycles. The van der Waals surface area contributed by atoms with E-state index in [0.717, 1.165) is 12.8 Å². The summed E-state index contributed by atoms with van der Waals surface area (Å²) >= 11 is 0. The fourth-order valence-electron chi connectivity index (χ4n) is 2.20. The summed E-state index contributed by atoms with van der Waals surface area (Å²) in [4.78, 5) is 25.7. The lowest BCUT2D eigenvalue weighted by Crippen LogP contribution is -2.42. The second-order valence-corrected chi connectivity index (χ2v) is 6.39. The number of carbonyl (C=O) groups excluding carboxylic acids is 2. The number of hydrogen-bond donors (Lipinski definition) is 2. The monoisotopic (exact) mass is 300 g/mol. The fourth-order valence-corrected chi connectivity index (χ4v) is 2.20. The Kier molecular flexibility index (Phi) is 9.26. The van der Waals surface area contributed by atoms with Gasteiger partial charge in [0.25, 0.3) is 0 Å². The van der Waals surface area contributed by atoms with E-state index in [9.17, 15) is 9.59 Å². The van der Waals surface area contributed by atoms with Crippen LogP contribution in [0.5, 0.6) is 0 Å². The van der Waals surface area contributed by atoms with Gasteiger partial charge in [0.2, 0.25) is 11.8 Å². The Bertz CT molecular complexity index is 320. The molecule has 0 aliphatic heterocycles. The standard InChI is InChI=1S/C16H32N2O3/c1-6-13(7-2)18(11-12-19)14(20)9-8-10-17-15(21)16(3,4)5/h13,19H,6-12H2,1-5H3,(H,17,21). The van der Waals surface area contributed by atoms with E-state index in [1.807, 2.05) is 20.8 Å². The van der Waals surface area contributed by atoms with Crippen LogP contribution in [0, 0.1) is 5.41 Å². The van der Waals surface area contributed by atoms with Crippen LogP contribution in [0.15, 0.2) is 0 Å². The van der Waals surface area contributed by atoms with Gasteiger partial charge in [-0.3, -0.25) is 9.59 Å². The van der Waals surface area contributed by atoms with Crippen molar-refractivity contribution in [1.29, 1.82) is 0 Å². The highest BCUT2D eigenvalue weighted by molar-refractivity contribution is 5.81. The first-order chi connectivity index (χ1) is 9.77. The van der Waals surface area contributed by atoms with Gasteiger partial charge in [-0.1, -0.05) is 34.6 Å². The van der Waals surface area contributed by atoms with Crippen LogP contribution in [0.3, 0.4) is 0 Å².